The van der Waals surface area contributed by atoms with Crippen LogP contribution in [0.2, 0.25) is 0 Å². The van der Waals surface area contributed by atoms with E-state index in [1.807, 2.05) is 60.7 Å². The number of benzene rings is 2. The predicted molar refractivity (Wildman–Crippen MR) is 145 cm³/mol. The van der Waals surface area contributed by atoms with Crippen LogP contribution in [0.1, 0.15) is 50.9 Å². The Morgan fingerprint density at radius 2 is 0.950 bits per heavy atom. The molecule has 2 aromatic carbocycles. The van der Waals surface area contributed by atoms with Gasteiger partial charge in [-0.1, -0.05) is 84.2 Å². The number of amidine groups is 2. The van der Waals surface area contributed by atoms with Gasteiger partial charge in [0, 0.05) is 0 Å². The quantitative estimate of drug-likeness (QED) is 0.387. The maximum atomic E-state index is 12.9. The van der Waals surface area contributed by atoms with Crippen molar-refractivity contribution in [3.63, 3.8) is 0 Å². The highest BCUT2D eigenvalue weighted by Gasteiger charge is 2.62. The molecule has 2 aliphatic heterocycles. The first kappa shape index (κ1) is 31.5. The molecular formula is C26H26F6N4O2S2. The number of thioether (sulfide) groups is 2. The van der Waals surface area contributed by atoms with E-state index in [1.54, 1.807) is 13.8 Å². The maximum Gasteiger partial charge on any atom is 0.412 e. The number of nitrogens with zero attached hydrogens (tertiary/aromatic N) is 2. The molecular weight excluding hydrogens is 578 g/mol. The molecule has 2 heterocycles. The summed E-state index contributed by atoms with van der Waals surface area (Å²) in [6, 6.07) is 17.7. The van der Waals surface area contributed by atoms with Gasteiger partial charge in [-0.05, 0) is 38.8 Å². The van der Waals surface area contributed by atoms with Gasteiger partial charge in [0.05, 0.1) is 12.1 Å². The van der Waals surface area contributed by atoms with Gasteiger partial charge in [0.25, 0.3) is 11.8 Å². The molecule has 0 radical (unpaired) electrons. The standard InChI is InChI=1S/2C13H13F3N2OS/c2*1-8(9-6-4-3-5-7-9)17-11-18-10(19)12(2,20-11)13(14,15)16/h2*3-8H,1-2H3,(H,17,18,19)/t8-,12+;8-,12-/m00/s1. The number of amides is 2. The minimum absolute atomic E-state index is 0.00572. The molecule has 216 valence electrons. The van der Waals surface area contributed by atoms with Crippen molar-refractivity contribution in [2.24, 2.45) is 9.98 Å². The smallest absolute Gasteiger partial charge is 0.304 e. The van der Waals surface area contributed by atoms with Crippen LogP contribution in [-0.4, -0.2) is 44.0 Å². The Hall–Kier alpha value is -3.00. The van der Waals surface area contributed by atoms with E-state index in [0.717, 1.165) is 25.0 Å². The first-order valence-corrected chi connectivity index (χ1v) is 13.5. The van der Waals surface area contributed by atoms with Crippen molar-refractivity contribution in [1.29, 1.82) is 0 Å². The van der Waals surface area contributed by atoms with Crippen LogP contribution in [0, 0.1) is 0 Å². The Morgan fingerprint density at radius 1 is 0.650 bits per heavy atom. The third-order valence-electron chi connectivity index (χ3n) is 6.18. The van der Waals surface area contributed by atoms with Crippen molar-refractivity contribution in [2.45, 2.75) is 61.6 Å². The summed E-state index contributed by atoms with van der Waals surface area (Å²) < 4.78 is 72.4. The number of nitrogens with one attached hydrogen (secondary N) is 2. The van der Waals surface area contributed by atoms with Gasteiger partial charge in [-0.25, -0.2) is 0 Å². The molecule has 0 saturated carbocycles. The average Bonchev–Trinajstić information content (AvgIpc) is 3.34. The fourth-order valence-electron chi connectivity index (χ4n) is 3.42. The first-order valence-electron chi connectivity index (χ1n) is 11.9. The molecule has 2 saturated heterocycles. The third-order valence-corrected chi connectivity index (χ3v) is 8.63. The van der Waals surface area contributed by atoms with Crippen LogP contribution in [0.25, 0.3) is 0 Å². The Kier molecular flexibility index (Phi) is 9.34. The number of carbonyl (C=O) groups is 2. The minimum Gasteiger partial charge on any atom is -0.304 e. The van der Waals surface area contributed by atoms with Crippen LogP contribution in [-0.2, 0) is 9.59 Å². The molecule has 4 rings (SSSR count). The van der Waals surface area contributed by atoms with Crippen LogP contribution < -0.4 is 10.6 Å². The summed E-state index contributed by atoms with van der Waals surface area (Å²) in [6.07, 6.45) is -9.23. The molecule has 4 atom stereocenters. The predicted octanol–water partition coefficient (Wildman–Crippen LogP) is 6.58. The number of carbonyl (C=O) groups excluding carboxylic acids is 2. The monoisotopic (exact) mass is 604 g/mol. The largest absolute Gasteiger partial charge is 0.412 e. The van der Waals surface area contributed by atoms with Crippen LogP contribution in [0.15, 0.2) is 70.6 Å². The highest BCUT2D eigenvalue weighted by atomic mass is 32.2. The molecule has 40 heavy (non-hydrogen) atoms. The van der Waals surface area contributed by atoms with Crippen LogP contribution in [0.5, 0.6) is 0 Å². The van der Waals surface area contributed by atoms with E-state index in [1.165, 1.54) is 0 Å². The summed E-state index contributed by atoms with van der Waals surface area (Å²) >= 11 is 0.831. The maximum absolute atomic E-state index is 12.9. The normalized spacial score (nSPS) is 26.6. The molecule has 2 N–H and O–H groups in total. The van der Waals surface area contributed by atoms with Crippen molar-refractivity contribution < 1.29 is 35.9 Å². The summed E-state index contributed by atoms with van der Waals surface area (Å²) in [6.45, 7) is 5.25. The van der Waals surface area contributed by atoms with Crippen molar-refractivity contribution in [1.82, 2.24) is 10.6 Å². The molecule has 0 aromatic heterocycles. The average molecular weight is 605 g/mol. The molecule has 2 fully saturated rings. The molecule has 0 aliphatic carbocycles. The summed E-state index contributed by atoms with van der Waals surface area (Å²) in [5, 5.41) is 4.42. The topological polar surface area (TPSA) is 82.9 Å². The van der Waals surface area contributed by atoms with Gasteiger partial charge >= 0.3 is 12.4 Å². The van der Waals surface area contributed by atoms with Gasteiger partial charge in [0.2, 0.25) is 0 Å². The molecule has 0 spiro atoms. The van der Waals surface area contributed by atoms with Crippen molar-refractivity contribution in [3.05, 3.63) is 71.8 Å². The lowest BCUT2D eigenvalue weighted by Gasteiger charge is -2.21. The molecule has 2 aliphatic rings. The second-order valence-corrected chi connectivity index (χ2v) is 12.0. The molecule has 6 nitrogen and oxygen atoms in total. The lowest BCUT2D eigenvalue weighted by atomic mass is 10.1. The Balaban J connectivity index is 0.000000220. The summed E-state index contributed by atoms with van der Waals surface area (Å²) in [7, 11) is 0. The molecule has 2 aromatic rings. The number of halogens is 6. The zero-order valence-electron chi connectivity index (χ0n) is 21.7. The van der Waals surface area contributed by atoms with Crippen molar-refractivity contribution in [2.75, 3.05) is 0 Å². The lowest BCUT2D eigenvalue weighted by molar-refractivity contribution is -0.167. The molecule has 2 amide bonds. The minimum atomic E-state index is -4.62. The van der Waals surface area contributed by atoms with E-state index >= 15 is 0 Å². The Labute approximate surface area is 235 Å². The second-order valence-electron chi connectivity index (χ2n) is 9.22. The molecule has 14 heteroatoms. The molecule has 0 bridgehead atoms. The number of alkyl halides is 6. The van der Waals surface area contributed by atoms with E-state index < -0.39 is 33.7 Å². The number of rotatable bonds is 4. The van der Waals surface area contributed by atoms with Crippen LogP contribution in [0.3, 0.4) is 0 Å². The number of hydrogen-bond donors (Lipinski definition) is 2. The summed E-state index contributed by atoms with van der Waals surface area (Å²) in [4.78, 5) is 31.4. The van der Waals surface area contributed by atoms with E-state index in [2.05, 4.69) is 20.6 Å². The van der Waals surface area contributed by atoms with Crippen molar-refractivity contribution in [3.8, 4) is 0 Å². The Morgan fingerprint density at radius 3 is 1.20 bits per heavy atom. The van der Waals surface area contributed by atoms with Gasteiger partial charge in [-0.15, -0.1) is 0 Å². The van der Waals surface area contributed by atoms with E-state index in [-0.39, 0.29) is 22.4 Å². The van der Waals surface area contributed by atoms with Crippen LogP contribution >= 0.6 is 23.5 Å². The van der Waals surface area contributed by atoms with Gasteiger partial charge in [0.1, 0.15) is 0 Å². The van der Waals surface area contributed by atoms with Gasteiger partial charge < -0.3 is 10.6 Å². The van der Waals surface area contributed by atoms with Crippen molar-refractivity contribution >= 4 is 45.7 Å². The summed E-state index contributed by atoms with van der Waals surface area (Å²) in [5.74, 6) is -2.15. The number of hydrogen-bond acceptors (Lipinski definition) is 6. The Bertz CT molecular complexity index is 1190. The number of aliphatic imine (C=N–C) groups is 2. The second kappa shape index (κ2) is 11.9. The highest BCUT2D eigenvalue weighted by Crippen LogP contribution is 2.46. The first-order chi connectivity index (χ1) is 18.5. The fourth-order valence-corrected chi connectivity index (χ4v) is 5.42. The van der Waals surface area contributed by atoms with Gasteiger partial charge in [-0.3, -0.25) is 19.6 Å². The van der Waals surface area contributed by atoms with Gasteiger partial charge in [-0.2, -0.15) is 26.3 Å². The lowest BCUT2D eigenvalue weighted by Crippen LogP contribution is -2.46. The van der Waals surface area contributed by atoms with Gasteiger partial charge in [0.15, 0.2) is 19.8 Å². The molecule has 0 unspecified atom stereocenters. The van der Waals surface area contributed by atoms with E-state index in [9.17, 15) is 35.9 Å². The zero-order chi connectivity index (χ0) is 29.9. The highest BCUT2D eigenvalue weighted by molar-refractivity contribution is 8.16. The van der Waals surface area contributed by atoms with Crippen LogP contribution in [0.4, 0.5) is 26.3 Å². The third kappa shape index (κ3) is 6.82. The van der Waals surface area contributed by atoms with E-state index in [4.69, 9.17) is 0 Å². The fraction of sp³-hybridized carbons (Fsp3) is 0.385. The zero-order valence-corrected chi connectivity index (χ0v) is 23.4. The SMILES string of the molecule is C[C@H](N=C1NC(=O)[C@@](C)(C(F)(F)F)S1)c1ccccc1.C[C@H](N=C1NC(=O)[C@](C)(C(F)(F)F)S1)c1ccccc1. The van der Waals surface area contributed by atoms with E-state index in [0.29, 0.717) is 23.5 Å². The summed E-state index contributed by atoms with van der Waals surface area (Å²) in [5.41, 5.74) is 1.74.